The number of halogens is 1. The topological polar surface area (TPSA) is 58.0 Å². The number of rotatable bonds is 2. The molecule has 1 unspecified atom stereocenters. The Morgan fingerprint density at radius 3 is 2.77 bits per heavy atom. The fraction of sp³-hybridized carbons (Fsp3) is 1.00. The Kier molecular flexibility index (Phi) is 1.93. The molecule has 1 saturated heterocycles. The Bertz CT molecular complexity index is 260. The molecule has 1 aliphatic carbocycles. The molecule has 2 aliphatic rings. The van der Waals surface area contributed by atoms with Crippen LogP contribution in [0, 0.1) is 5.41 Å². The van der Waals surface area contributed by atoms with E-state index >= 15 is 0 Å². The first-order valence-electron chi connectivity index (χ1n) is 4.56. The quantitative estimate of drug-likeness (QED) is 0.370. The third-order valence-corrected chi connectivity index (χ3v) is 3.35. The Hall–Kier alpha value is -0.800. The Labute approximate surface area is 75.7 Å². The molecule has 5 heteroatoms. The molecule has 1 heterocycles. The van der Waals surface area contributed by atoms with Crippen LogP contribution in [0.15, 0.2) is 5.11 Å². The molecule has 13 heavy (non-hydrogen) atoms. The van der Waals surface area contributed by atoms with Crippen molar-refractivity contribution in [2.75, 3.05) is 13.2 Å². The van der Waals surface area contributed by atoms with Crippen molar-refractivity contribution < 1.29 is 9.13 Å². The summed E-state index contributed by atoms with van der Waals surface area (Å²) < 4.78 is 19.2. The average Bonchev–Trinajstić information content (AvgIpc) is 2.39. The minimum Gasteiger partial charge on any atom is -0.345 e. The van der Waals surface area contributed by atoms with Crippen molar-refractivity contribution in [3.63, 3.8) is 0 Å². The normalized spacial score (nSPS) is 35.5. The Balaban J connectivity index is 2.14. The van der Waals surface area contributed by atoms with Gasteiger partial charge in [-0.3, -0.25) is 0 Å². The van der Waals surface area contributed by atoms with Gasteiger partial charge in [0.1, 0.15) is 0 Å². The van der Waals surface area contributed by atoms with Gasteiger partial charge in [0.15, 0.2) is 0 Å². The molecule has 1 aliphatic heterocycles. The number of ether oxygens (including phenoxy) is 1. The summed E-state index contributed by atoms with van der Waals surface area (Å²) in [5.41, 5.74) is 7.81. The van der Waals surface area contributed by atoms with Gasteiger partial charge >= 0.3 is 0 Å². The summed E-state index contributed by atoms with van der Waals surface area (Å²) in [6, 6.07) is 0. The summed E-state index contributed by atoms with van der Waals surface area (Å²) >= 11 is 0. The van der Waals surface area contributed by atoms with Crippen LogP contribution < -0.4 is 0 Å². The van der Waals surface area contributed by atoms with E-state index in [0.29, 0.717) is 6.61 Å². The van der Waals surface area contributed by atoms with Crippen LogP contribution in [0.5, 0.6) is 0 Å². The monoisotopic (exact) mass is 185 g/mol. The molecule has 1 atom stereocenters. The lowest BCUT2D eigenvalue weighted by Crippen LogP contribution is -2.48. The van der Waals surface area contributed by atoms with Crippen molar-refractivity contribution >= 4 is 0 Å². The zero-order chi connectivity index (χ0) is 9.36. The minimum absolute atomic E-state index is 0.177. The first-order valence-corrected chi connectivity index (χ1v) is 4.56. The summed E-state index contributed by atoms with van der Waals surface area (Å²) in [5, 5.41) is 3.28. The van der Waals surface area contributed by atoms with Gasteiger partial charge in [-0.2, -0.15) is 0 Å². The van der Waals surface area contributed by atoms with Crippen LogP contribution in [-0.2, 0) is 4.74 Å². The average molecular weight is 185 g/mol. The first-order chi connectivity index (χ1) is 6.22. The summed E-state index contributed by atoms with van der Waals surface area (Å²) in [6.45, 7) is 0.279. The number of azide groups is 1. The summed E-state index contributed by atoms with van der Waals surface area (Å²) in [5.74, 6) is -1.68. The van der Waals surface area contributed by atoms with Gasteiger partial charge in [0.2, 0.25) is 5.85 Å². The van der Waals surface area contributed by atoms with E-state index in [1.54, 1.807) is 0 Å². The molecule has 1 saturated carbocycles. The van der Waals surface area contributed by atoms with Crippen LogP contribution >= 0.6 is 0 Å². The van der Waals surface area contributed by atoms with Crippen molar-refractivity contribution in [2.45, 2.75) is 31.5 Å². The SMILES string of the molecule is [N-]=[N+]=NCC1(F)OCCC12CCC2. The van der Waals surface area contributed by atoms with Crippen LogP contribution in [0.2, 0.25) is 0 Å². The maximum Gasteiger partial charge on any atom is 0.220 e. The lowest BCUT2D eigenvalue weighted by Gasteiger charge is -2.45. The van der Waals surface area contributed by atoms with E-state index in [9.17, 15) is 4.39 Å². The van der Waals surface area contributed by atoms with Gasteiger partial charge in [-0.15, -0.1) is 0 Å². The third-order valence-electron chi connectivity index (χ3n) is 3.35. The van der Waals surface area contributed by atoms with Crippen molar-refractivity contribution in [1.82, 2.24) is 0 Å². The Morgan fingerprint density at radius 2 is 2.23 bits per heavy atom. The van der Waals surface area contributed by atoms with Crippen LogP contribution in [0.25, 0.3) is 10.4 Å². The molecule has 0 bridgehead atoms. The van der Waals surface area contributed by atoms with Gasteiger partial charge < -0.3 is 4.74 Å². The zero-order valence-corrected chi connectivity index (χ0v) is 7.37. The molecule has 2 rings (SSSR count). The van der Waals surface area contributed by atoms with Crippen LogP contribution in [0.1, 0.15) is 25.7 Å². The van der Waals surface area contributed by atoms with Gasteiger partial charge in [-0.25, -0.2) is 4.39 Å². The molecule has 1 spiro atoms. The number of hydrogen-bond donors (Lipinski definition) is 0. The van der Waals surface area contributed by atoms with E-state index < -0.39 is 5.85 Å². The van der Waals surface area contributed by atoms with Gasteiger partial charge in [0.05, 0.1) is 13.2 Å². The predicted octanol–water partition coefficient (Wildman–Crippen LogP) is 2.55. The van der Waals surface area contributed by atoms with E-state index in [0.717, 1.165) is 25.7 Å². The second-order valence-electron chi connectivity index (χ2n) is 3.85. The molecule has 2 fully saturated rings. The number of nitrogens with zero attached hydrogens (tertiary/aromatic N) is 3. The third kappa shape index (κ3) is 1.11. The summed E-state index contributed by atoms with van der Waals surface area (Å²) in [4.78, 5) is 2.57. The molecular weight excluding hydrogens is 173 g/mol. The highest BCUT2D eigenvalue weighted by atomic mass is 19.2. The van der Waals surface area contributed by atoms with Crippen molar-refractivity contribution in [1.29, 1.82) is 0 Å². The maximum absolute atomic E-state index is 14.1. The highest BCUT2D eigenvalue weighted by Crippen LogP contribution is 2.57. The molecule has 0 radical (unpaired) electrons. The number of alkyl halides is 1. The highest BCUT2D eigenvalue weighted by Gasteiger charge is 2.59. The van der Waals surface area contributed by atoms with Gasteiger partial charge in [-0.05, 0) is 24.8 Å². The van der Waals surface area contributed by atoms with E-state index in [1.807, 2.05) is 0 Å². The second kappa shape index (κ2) is 2.86. The molecule has 72 valence electrons. The van der Waals surface area contributed by atoms with Crippen molar-refractivity contribution in [2.24, 2.45) is 10.5 Å². The molecule has 0 aromatic heterocycles. The first kappa shape index (κ1) is 8.78. The fourth-order valence-corrected chi connectivity index (χ4v) is 2.31. The van der Waals surface area contributed by atoms with E-state index in [4.69, 9.17) is 10.3 Å². The van der Waals surface area contributed by atoms with E-state index in [1.165, 1.54) is 0 Å². The molecule has 0 N–H and O–H groups in total. The minimum atomic E-state index is -1.68. The molecule has 4 nitrogen and oxygen atoms in total. The number of hydrogen-bond acceptors (Lipinski definition) is 2. The largest absolute Gasteiger partial charge is 0.345 e. The summed E-state index contributed by atoms with van der Waals surface area (Å²) in [7, 11) is 0. The summed E-state index contributed by atoms with van der Waals surface area (Å²) in [6.07, 6.45) is 3.56. The van der Waals surface area contributed by atoms with E-state index in [-0.39, 0.29) is 12.0 Å². The van der Waals surface area contributed by atoms with Crippen molar-refractivity contribution in [3.05, 3.63) is 10.4 Å². The van der Waals surface area contributed by atoms with Gasteiger partial charge in [0.25, 0.3) is 0 Å². The highest BCUT2D eigenvalue weighted by molar-refractivity contribution is 5.03. The zero-order valence-electron chi connectivity index (χ0n) is 7.37. The fourth-order valence-electron chi connectivity index (χ4n) is 2.31. The lowest BCUT2D eigenvalue weighted by atomic mass is 9.63. The molecule has 0 amide bonds. The predicted molar refractivity (Wildman–Crippen MR) is 44.7 cm³/mol. The van der Waals surface area contributed by atoms with Crippen LogP contribution in [-0.4, -0.2) is 19.0 Å². The lowest BCUT2D eigenvalue weighted by molar-refractivity contribution is -0.184. The van der Waals surface area contributed by atoms with Crippen LogP contribution in [0.3, 0.4) is 0 Å². The molecule has 0 aromatic rings. The van der Waals surface area contributed by atoms with Crippen LogP contribution in [0.4, 0.5) is 4.39 Å². The van der Waals surface area contributed by atoms with Crippen molar-refractivity contribution in [3.8, 4) is 0 Å². The second-order valence-corrected chi connectivity index (χ2v) is 3.85. The smallest absolute Gasteiger partial charge is 0.220 e. The van der Waals surface area contributed by atoms with E-state index in [2.05, 4.69) is 10.0 Å². The standard InChI is InChI=1S/C8H12FN3O/c9-8(6-11-12-10)7(2-1-3-7)4-5-13-8/h1-6H2. The Morgan fingerprint density at radius 1 is 1.46 bits per heavy atom. The molecule has 0 aromatic carbocycles. The van der Waals surface area contributed by atoms with Gasteiger partial charge in [0, 0.05) is 10.3 Å². The van der Waals surface area contributed by atoms with Gasteiger partial charge in [-0.1, -0.05) is 11.5 Å². The maximum atomic E-state index is 14.1. The molecular formula is C8H12FN3O.